The van der Waals surface area contributed by atoms with E-state index in [1.807, 2.05) is 23.6 Å². The molecule has 2 N–H and O–H groups in total. The maximum absolute atomic E-state index is 12.0. The minimum absolute atomic E-state index is 0.0684. The van der Waals surface area contributed by atoms with Gasteiger partial charge in [-0.2, -0.15) is 0 Å². The van der Waals surface area contributed by atoms with Gasteiger partial charge >= 0.3 is 0 Å². The number of nitrogens with one attached hydrogen (secondary N) is 2. The van der Waals surface area contributed by atoms with Gasteiger partial charge in [0.1, 0.15) is 5.82 Å². The van der Waals surface area contributed by atoms with Gasteiger partial charge in [-0.3, -0.25) is 9.59 Å². The molecule has 6 nitrogen and oxygen atoms in total. The number of rotatable bonds is 7. The van der Waals surface area contributed by atoms with Crippen molar-refractivity contribution in [3.63, 3.8) is 0 Å². The van der Waals surface area contributed by atoms with Crippen molar-refractivity contribution in [3.05, 3.63) is 40.7 Å². The van der Waals surface area contributed by atoms with Crippen LogP contribution in [-0.4, -0.2) is 36.4 Å². The molecule has 1 aliphatic rings. The molecular weight excluding hydrogens is 336 g/mol. The van der Waals surface area contributed by atoms with Crippen LogP contribution in [0, 0.1) is 0 Å². The van der Waals surface area contributed by atoms with E-state index in [-0.39, 0.29) is 11.8 Å². The Hall–Kier alpha value is -2.41. The minimum Gasteiger partial charge on any atom is -0.357 e. The quantitative estimate of drug-likeness (QED) is 0.747. The molecule has 0 saturated carbocycles. The summed E-state index contributed by atoms with van der Waals surface area (Å²) in [6.45, 7) is 2.59. The van der Waals surface area contributed by atoms with Crippen LogP contribution >= 0.6 is 11.3 Å². The molecule has 25 heavy (non-hydrogen) atoms. The van der Waals surface area contributed by atoms with Crippen molar-refractivity contribution in [2.75, 3.05) is 29.9 Å². The predicted molar refractivity (Wildman–Crippen MR) is 100 cm³/mol. The SMILES string of the molecule is O=C(CCCNC(=O)c1cccs1)Nc1ccc(N2CCCC2)nc1. The van der Waals surface area contributed by atoms with Crippen molar-refractivity contribution >= 4 is 34.7 Å². The summed E-state index contributed by atoms with van der Waals surface area (Å²) >= 11 is 1.41. The molecule has 0 atom stereocenters. The van der Waals surface area contributed by atoms with Crippen molar-refractivity contribution in [1.29, 1.82) is 0 Å². The van der Waals surface area contributed by atoms with Crippen LogP contribution in [0.25, 0.3) is 0 Å². The van der Waals surface area contributed by atoms with Crippen LogP contribution in [0.1, 0.15) is 35.4 Å². The van der Waals surface area contributed by atoms with Gasteiger partial charge in [0.25, 0.3) is 5.91 Å². The Labute approximate surface area is 151 Å². The maximum Gasteiger partial charge on any atom is 0.261 e. The van der Waals surface area contributed by atoms with E-state index in [2.05, 4.69) is 20.5 Å². The summed E-state index contributed by atoms with van der Waals surface area (Å²) in [7, 11) is 0. The van der Waals surface area contributed by atoms with E-state index in [0.717, 1.165) is 18.9 Å². The zero-order chi connectivity index (χ0) is 17.5. The van der Waals surface area contributed by atoms with E-state index in [4.69, 9.17) is 0 Å². The molecular formula is C18H22N4O2S. The monoisotopic (exact) mass is 358 g/mol. The molecule has 1 aliphatic heterocycles. The summed E-state index contributed by atoms with van der Waals surface area (Å²) < 4.78 is 0. The van der Waals surface area contributed by atoms with Gasteiger partial charge in [-0.25, -0.2) is 4.98 Å². The maximum atomic E-state index is 12.0. The van der Waals surface area contributed by atoms with Crippen molar-refractivity contribution in [2.45, 2.75) is 25.7 Å². The number of hydrogen-bond donors (Lipinski definition) is 2. The molecule has 0 radical (unpaired) electrons. The minimum atomic E-state index is -0.0860. The largest absolute Gasteiger partial charge is 0.357 e. The van der Waals surface area contributed by atoms with Crippen LogP contribution in [0.4, 0.5) is 11.5 Å². The van der Waals surface area contributed by atoms with Crippen LogP contribution in [0.5, 0.6) is 0 Å². The highest BCUT2D eigenvalue weighted by Gasteiger charge is 2.13. The van der Waals surface area contributed by atoms with Gasteiger partial charge in [-0.1, -0.05) is 6.07 Å². The topological polar surface area (TPSA) is 74.3 Å². The third-order valence-electron chi connectivity index (χ3n) is 4.07. The Morgan fingerprint density at radius 2 is 2.04 bits per heavy atom. The fraction of sp³-hybridized carbons (Fsp3) is 0.389. The standard InChI is InChI=1S/C18H22N4O2S/c23-17(6-3-9-19-18(24)15-5-4-12-25-15)21-14-7-8-16(20-13-14)22-10-1-2-11-22/h4-5,7-8,12-13H,1-3,6,9-11H2,(H,19,24)(H,21,23). The molecule has 2 aromatic rings. The number of anilines is 2. The molecule has 7 heteroatoms. The molecule has 0 aromatic carbocycles. The van der Waals surface area contributed by atoms with Crippen molar-refractivity contribution in [2.24, 2.45) is 0 Å². The van der Waals surface area contributed by atoms with Crippen molar-refractivity contribution in [1.82, 2.24) is 10.3 Å². The van der Waals surface area contributed by atoms with E-state index >= 15 is 0 Å². The number of carbonyl (C=O) groups is 2. The Kier molecular flexibility index (Phi) is 6.00. The third kappa shape index (κ3) is 5.03. The first-order valence-electron chi connectivity index (χ1n) is 8.55. The highest BCUT2D eigenvalue weighted by atomic mass is 32.1. The Morgan fingerprint density at radius 1 is 1.20 bits per heavy atom. The fourth-order valence-corrected chi connectivity index (χ4v) is 3.40. The van der Waals surface area contributed by atoms with Gasteiger partial charge in [0.15, 0.2) is 0 Å². The van der Waals surface area contributed by atoms with Crippen LogP contribution in [0.2, 0.25) is 0 Å². The molecule has 0 unspecified atom stereocenters. The Morgan fingerprint density at radius 3 is 2.72 bits per heavy atom. The second-order valence-electron chi connectivity index (χ2n) is 5.98. The smallest absolute Gasteiger partial charge is 0.261 e. The van der Waals surface area contributed by atoms with Crippen LogP contribution < -0.4 is 15.5 Å². The first-order chi connectivity index (χ1) is 12.2. The number of thiophene rings is 1. The van der Waals surface area contributed by atoms with Gasteiger partial charge in [-0.05, 0) is 42.8 Å². The zero-order valence-corrected chi connectivity index (χ0v) is 14.8. The van der Waals surface area contributed by atoms with Crippen molar-refractivity contribution in [3.8, 4) is 0 Å². The van der Waals surface area contributed by atoms with Crippen LogP contribution in [0.15, 0.2) is 35.8 Å². The summed E-state index contributed by atoms with van der Waals surface area (Å²) in [5.41, 5.74) is 0.704. The molecule has 132 valence electrons. The van der Waals surface area contributed by atoms with Gasteiger partial charge < -0.3 is 15.5 Å². The first kappa shape index (κ1) is 17.4. The predicted octanol–water partition coefficient (Wildman–Crippen LogP) is 2.89. The average molecular weight is 358 g/mol. The summed E-state index contributed by atoms with van der Waals surface area (Å²) in [6, 6.07) is 7.46. The number of aromatic nitrogens is 1. The first-order valence-corrected chi connectivity index (χ1v) is 9.43. The van der Waals surface area contributed by atoms with Crippen molar-refractivity contribution < 1.29 is 9.59 Å². The lowest BCUT2D eigenvalue weighted by atomic mass is 10.2. The van der Waals surface area contributed by atoms with Gasteiger partial charge in [0.05, 0.1) is 16.8 Å². The van der Waals surface area contributed by atoms with Crippen LogP contribution in [0.3, 0.4) is 0 Å². The zero-order valence-electron chi connectivity index (χ0n) is 14.0. The summed E-state index contributed by atoms with van der Waals surface area (Å²) in [5, 5.41) is 7.53. The summed E-state index contributed by atoms with van der Waals surface area (Å²) in [4.78, 5) is 31.1. The molecule has 0 bridgehead atoms. The Balaban J connectivity index is 1.36. The molecule has 2 amide bonds. The number of nitrogens with zero attached hydrogens (tertiary/aromatic N) is 2. The number of pyridine rings is 1. The lowest BCUT2D eigenvalue weighted by Gasteiger charge is -2.16. The van der Waals surface area contributed by atoms with E-state index in [9.17, 15) is 9.59 Å². The number of amides is 2. The van der Waals surface area contributed by atoms with Gasteiger partial charge in [0.2, 0.25) is 5.91 Å². The third-order valence-corrected chi connectivity index (χ3v) is 4.94. The molecule has 0 spiro atoms. The summed E-state index contributed by atoms with van der Waals surface area (Å²) in [5.74, 6) is 0.810. The molecule has 3 rings (SSSR count). The number of hydrogen-bond acceptors (Lipinski definition) is 5. The Bertz CT molecular complexity index is 694. The summed E-state index contributed by atoms with van der Waals surface area (Å²) in [6.07, 6.45) is 5.08. The molecule has 3 heterocycles. The molecule has 2 aromatic heterocycles. The van der Waals surface area contributed by atoms with E-state index in [1.54, 1.807) is 12.3 Å². The highest BCUT2D eigenvalue weighted by molar-refractivity contribution is 7.12. The highest BCUT2D eigenvalue weighted by Crippen LogP contribution is 2.19. The molecule has 0 aliphatic carbocycles. The lowest BCUT2D eigenvalue weighted by Crippen LogP contribution is -2.24. The lowest BCUT2D eigenvalue weighted by molar-refractivity contribution is -0.116. The number of carbonyl (C=O) groups excluding carboxylic acids is 2. The molecule has 1 saturated heterocycles. The van der Waals surface area contributed by atoms with E-state index in [1.165, 1.54) is 24.2 Å². The second-order valence-corrected chi connectivity index (χ2v) is 6.93. The molecule has 1 fully saturated rings. The van der Waals surface area contributed by atoms with E-state index < -0.39 is 0 Å². The normalized spacial score (nSPS) is 13.7. The van der Waals surface area contributed by atoms with Crippen LogP contribution in [-0.2, 0) is 4.79 Å². The average Bonchev–Trinajstić information content (AvgIpc) is 3.32. The fourth-order valence-electron chi connectivity index (χ4n) is 2.76. The van der Waals surface area contributed by atoms with E-state index in [0.29, 0.717) is 30.0 Å². The van der Waals surface area contributed by atoms with Gasteiger partial charge in [0, 0.05) is 26.1 Å². The second kappa shape index (κ2) is 8.62. The van der Waals surface area contributed by atoms with Gasteiger partial charge in [-0.15, -0.1) is 11.3 Å².